The quantitative estimate of drug-likeness (QED) is 0.372. The zero-order chi connectivity index (χ0) is 19.7. The Balaban J connectivity index is 1.61. The van der Waals surface area contributed by atoms with E-state index in [1.54, 1.807) is 29.9 Å². The number of rotatable bonds is 9. The van der Waals surface area contributed by atoms with Crippen molar-refractivity contribution in [1.82, 2.24) is 14.8 Å². The topological polar surface area (TPSA) is 69.4 Å². The zero-order valence-electron chi connectivity index (χ0n) is 16.4. The van der Waals surface area contributed by atoms with Gasteiger partial charge in [0.2, 0.25) is 5.88 Å². The first kappa shape index (κ1) is 20.3. The van der Waals surface area contributed by atoms with Crippen LogP contribution in [0.5, 0.6) is 5.88 Å². The molecule has 0 radical (unpaired) electrons. The summed E-state index contributed by atoms with van der Waals surface area (Å²) < 4.78 is 12.6. The number of hydrogen-bond acceptors (Lipinski definition) is 5. The van der Waals surface area contributed by atoms with E-state index >= 15 is 0 Å². The number of nitrogens with zero attached hydrogens (tertiary/aromatic N) is 3. The van der Waals surface area contributed by atoms with Crippen molar-refractivity contribution in [2.75, 3.05) is 13.2 Å². The molecular formula is C19H28ClN3O3Si. The summed E-state index contributed by atoms with van der Waals surface area (Å²) in [6.45, 7) is 10.2. The minimum Gasteiger partial charge on any atom is -0.477 e. The highest BCUT2D eigenvalue weighted by Gasteiger charge is 2.52. The van der Waals surface area contributed by atoms with E-state index in [9.17, 15) is 5.11 Å². The fourth-order valence-electron chi connectivity index (χ4n) is 3.38. The van der Waals surface area contributed by atoms with Gasteiger partial charge in [-0.2, -0.15) is 0 Å². The molecule has 1 aliphatic rings. The number of ether oxygens (including phenoxy) is 2. The van der Waals surface area contributed by atoms with Gasteiger partial charge in [0.1, 0.15) is 5.15 Å². The van der Waals surface area contributed by atoms with Gasteiger partial charge in [-0.15, -0.1) is 5.10 Å². The molecular weight excluding hydrogens is 382 g/mol. The van der Waals surface area contributed by atoms with Gasteiger partial charge >= 0.3 is 0 Å². The maximum atomic E-state index is 9.91. The van der Waals surface area contributed by atoms with Crippen molar-refractivity contribution < 1.29 is 14.6 Å². The van der Waals surface area contributed by atoms with Gasteiger partial charge in [-0.25, -0.2) is 9.67 Å². The second-order valence-electron chi connectivity index (χ2n) is 8.08. The van der Waals surface area contributed by atoms with Gasteiger partial charge < -0.3 is 14.6 Å². The summed E-state index contributed by atoms with van der Waals surface area (Å²) in [5.74, 6) is 1.14. The molecule has 2 aromatic rings. The van der Waals surface area contributed by atoms with Crippen LogP contribution in [0.2, 0.25) is 29.8 Å². The molecule has 1 unspecified atom stereocenters. The summed E-state index contributed by atoms with van der Waals surface area (Å²) >= 11 is 6.18. The third-order valence-electron chi connectivity index (χ3n) is 5.53. The molecule has 6 nitrogen and oxygen atoms in total. The highest BCUT2D eigenvalue weighted by Crippen LogP contribution is 2.63. The number of aliphatic hydroxyl groups is 1. The van der Waals surface area contributed by atoms with Gasteiger partial charge in [0, 0.05) is 24.4 Å². The minimum absolute atomic E-state index is 0.192. The van der Waals surface area contributed by atoms with Crippen molar-refractivity contribution in [3.63, 3.8) is 0 Å². The molecule has 27 heavy (non-hydrogen) atoms. The summed E-state index contributed by atoms with van der Waals surface area (Å²) in [5, 5.41) is 15.1. The Morgan fingerprint density at radius 3 is 2.63 bits per heavy atom. The van der Waals surface area contributed by atoms with Crippen LogP contribution in [0.3, 0.4) is 0 Å². The van der Waals surface area contributed by atoms with E-state index in [0.29, 0.717) is 35.5 Å². The van der Waals surface area contributed by atoms with Crippen LogP contribution in [0.1, 0.15) is 38.0 Å². The average Bonchev–Trinajstić information content (AvgIpc) is 3.25. The second-order valence-corrected chi connectivity index (χ2v) is 14.0. The van der Waals surface area contributed by atoms with Gasteiger partial charge in [-0.3, -0.25) is 0 Å². The standard InChI is InChI=1S/C19H28ClN3O3Si/c1-5-25-18(24)14-6-7-15(21-17(14)20)23-12-8-16(22-23)26-13-11-19(9-10-19)27(2,3)4/h6-8,12,18,24H,5,9-11,13H2,1-4H3. The molecule has 1 atom stereocenters. The van der Waals surface area contributed by atoms with Crippen LogP contribution in [0, 0.1) is 0 Å². The van der Waals surface area contributed by atoms with Crippen LogP contribution in [0.4, 0.5) is 0 Å². The lowest BCUT2D eigenvalue weighted by Gasteiger charge is -2.28. The van der Waals surface area contributed by atoms with E-state index in [0.717, 1.165) is 6.42 Å². The van der Waals surface area contributed by atoms with Crippen molar-refractivity contribution in [2.24, 2.45) is 0 Å². The van der Waals surface area contributed by atoms with E-state index < -0.39 is 14.4 Å². The van der Waals surface area contributed by atoms with Gasteiger partial charge in [0.25, 0.3) is 0 Å². The Labute approximate surface area is 166 Å². The lowest BCUT2D eigenvalue weighted by atomic mass is 10.2. The van der Waals surface area contributed by atoms with Crippen LogP contribution in [-0.2, 0) is 4.74 Å². The maximum absolute atomic E-state index is 9.91. The Kier molecular flexibility index (Phi) is 5.95. The Morgan fingerprint density at radius 2 is 2.04 bits per heavy atom. The largest absolute Gasteiger partial charge is 0.477 e. The van der Waals surface area contributed by atoms with E-state index in [4.69, 9.17) is 21.1 Å². The molecule has 0 amide bonds. The normalized spacial score (nSPS) is 17.0. The summed E-state index contributed by atoms with van der Waals surface area (Å²) in [6.07, 6.45) is 4.48. The van der Waals surface area contributed by atoms with Gasteiger partial charge in [-0.05, 0) is 43.4 Å². The second kappa shape index (κ2) is 7.91. The lowest BCUT2D eigenvalue weighted by Crippen LogP contribution is -2.30. The summed E-state index contributed by atoms with van der Waals surface area (Å²) in [7, 11) is -1.15. The molecule has 148 valence electrons. The van der Waals surface area contributed by atoms with E-state index in [-0.39, 0.29) is 5.15 Å². The number of hydrogen-bond donors (Lipinski definition) is 1. The van der Waals surface area contributed by atoms with E-state index in [2.05, 4.69) is 29.7 Å². The first-order chi connectivity index (χ1) is 12.8. The first-order valence-electron chi connectivity index (χ1n) is 9.41. The van der Waals surface area contributed by atoms with Gasteiger partial charge in [0.05, 0.1) is 14.7 Å². The molecule has 0 aliphatic heterocycles. The van der Waals surface area contributed by atoms with Crippen molar-refractivity contribution in [2.45, 2.75) is 57.2 Å². The predicted octanol–water partition coefficient (Wildman–Crippen LogP) is 4.59. The highest BCUT2D eigenvalue weighted by molar-refractivity contribution is 6.80. The van der Waals surface area contributed by atoms with Crippen LogP contribution in [0.15, 0.2) is 24.4 Å². The summed E-state index contributed by atoms with van der Waals surface area (Å²) in [6, 6.07) is 5.26. The highest BCUT2D eigenvalue weighted by atomic mass is 35.5. The van der Waals surface area contributed by atoms with Crippen LogP contribution < -0.4 is 4.74 Å². The van der Waals surface area contributed by atoms with E-state index in [1.807, 2.05) is 6.07 Å². The molecule has 2 aromatic heterocycles. The zero-order valence-corrected chi connectivity index (χ0v) is 18.2. The first-order valence-corrected chi connectivity index (χ1v) is 13.3. The Morgan fingerprint density at radius 1 is 1.30 bits per heavy atom. The van der Waals surface area contributed by atoms with Crippen molar-refractivity contribution in [3.8, 4) is 11.7 Å². The monoisotopic (exact) mass is 409 g/mol. The Bertz CT molecular complexity index is 787. The van der Waals surface area contributed by atoms with Crippen LogP contribution in [-0.4, -0.2) is 41.2 Å². The molecule has 8 heteroatoms. The molecule has 1 N–H and O–H groups in total. The third-order valence-corrected chi connectivity index (χ3v) is 9.76. The number of aliphatic hydroxyl groups excluding tert-OH is 1. The number of aromatic nitrogens is 3. The van der Waals surface area contributed by atoms with Crippen LogP contribution in [0.25, 0.3) is 5.82 Å². The smallest absolute Gasteiger partial charge is 0.233 e. The molecule has 1 saturated carbocycles. The molecule has 0 spiro atoms. The molecule has 0 saturated heterocycles. The van der Waals surface area contributed by atoms with Crippen molar-refractivity contribution >= 4 is 19.7 Å². The molecule has 1 aliphatic carbocycles. The summed E-state index contributed by atoms with van der Waals surface area (Å²) in [4.78, 5) is 4.30. The SMILES string of the molecule is CCOC(O)c1ccc(-n2ccc(OCCC3([Si](C)(C)C)CC3)n2)nc1Cl. The summed E-state index contributed by atoms with van der Waals surface area (Å²) in [5.41, 5.74) is 0.437. The van der Waals surface area contributed by atoms with Crippen LogP contribution >= 0.6 is 11.6 Å². The molecule has 0 aromatic carbocycles. The van der Waals surface area contributed by atoms with Crippen molar-refractivity contribution in [1.29, 1.82) is 0 Å². The Hall–Kier alpha value is -1.41. The van der Waals surface area contributed by atoms with E-state index in [1.165, 1.54) is 12.8 Å². The molecule has 1 fully saturated rings. The fourth-order valence-corrected chi connectivity index (χ4v) is 6.10. The van der Waals surface area contributed by atoms with Gasteiger partial charge in [0.15, 0.2) is 12.1 Å². The minimum atomic E-state index is -1.15. The molecule has 2 heterocycles. The predicted molar refractivity (Wildman–Crippen MR) is 108 cm³/mol. The van der Waals surface area contributed by atoms with Crippen molar-refractivity contribution in [3.05, 3.63) is 35.1 Å². The molecule has 3 rings (SSSR count). The maximum Gasteiger partial charge on any atom is 0.233 e. The fraction of sp³-hybridized carbons (Fsp3) is 0.579. The average molecular weight is 410 g/mol. The number of halogens is 1. The third kappa shape index (κ3) is 4.54. The number of pyridine rings is 1. The lowest BCUT2D eigenvalue weighted by molar-refractivity contribution is -0.0980. The molecule has 0 bridgehead atoms. The van der Waals surface area contributed by atoms with Gasteiger partial charge in [-0.1, -0.05) is 31.2 Å².